The van der Waals surface area contributed by atoms with E-state index in [0.717, 1.165) is 16.4 Å². The van der Waals surface area contributed by atoms with Crippen molar-refractivity contribution in [1.29, 1.82) is 0 Å². The lowest BCUT2D eigenvalue weighted by atomic mass is 10.2. The SMILES string of the molecule is O=Cc1ccc(Cl)c2cc(Cl)sc12. The van der Waals surface area contributed by atoms with E-state index in [1.54, 1.807) is 18.2 Å². The number of rotatable bonds is 1. The van der Waals surface area contributed by atoms with Crippen LogP contribution in [-0.4, -0.2) is 6.29 Å². The van der Waals surface area contributed by atoms with Gasteiger partial charge in [0.25, 0.3) is 0 Å². The van der Waals surface area contributed by atoms with Crippen molar-refractivity contribution >= 4 is 50.9 Å². The van der Waals surface area contributed by atoms with Gasteiger partial charge in [-0.05, 0) is 18.2 Å². The van der Waals surface area contributed by atoms with Gasteiger partial charge in [0.15, 0.2) is 6.29 Å². The molecule has 1 aromatic carbocycles. The topological polar surface area (TPSA) is 17.1 Å². The third-order valence-electron chi connectivity index (χ3n) is 1.76. The smallest absolute Gasteiger partial charge is 0.151 e. The van der Waals surface area contributed by atoms with Crippen LogP contribution in [0.4, 0.5) is 0 Å². The molecule has 0 aliphatic heterocycles. The van der Waals surface area contributed by atoms with Crippen LogP contribution in [0.25, 0.3) is 10.1 Å². The molecule has 0 aliphatic carbocycles. The summed E-state index contributed by atoms with van der Waals surface area (Å²) in [7, 11) is 0. The number of carbonyl (C=O) groups excluding carboxylic acids is 1. The Bertz CT molecular complexity index is 476. The highest BCUT2D eigenvalue weighted by atomic mass is 35.5. The van der Waals surface area contributed by atoms with E-state index >= 15 is 0 Å². The lowest BCUT2D eigenvalue weighted by Crippen LogP contribution is -1.78. The van der Waals surface area contributed by atoms with Crippen molar-refractivity contribution in [3.8, 4) is 0 Å². The molecule has 0 saturated heterocycles. The molecule has 0 unspecified atom stereocenters. The summed E-state index contributed by atoms with van der Waals surface area (Å²) in [6, 6.07) is 5.18. The number of hydrogen-bond donors (Lipinski definition) is 0. The molecular weight excluding hydrogens is 227 g/mol. The molecule has 1 heterocycles. The minimum Gasteiger partial charge on any atom is -0.298 e. The molecule has 0 atom stereocenters. The minimum absolute atomic E-state index is 0.628. The molecule has 0 radical (unpaired) electrons. The Hall–Kier alpha value is -0.570. The summed E-state index contributed by atoms with van der Waals surface area (Å²) in [5, 5.41) is 1.48. The molecule has 4 heteroatoms. The van der Waals surface area contributed by atoms with Gasteiger partial charge in [0.05, 0.1) is 4.34 Å². The summed E-state index contributed by atoms with van der Waals surface area (Å²) in [5.41, 5.74) is 0.635. The number of carbonyl (C=O) groups is 1. The lowest BCUT2D eigenvalue weighted by molar-refractivity contribution is 0.112. The average molecular weight is 231 g/mol. The van der Waals surface area contributed by atoms with Crippen molar-refractivity contribution in [3.05, 3.63) is 33.1 Å². The predicted octanol–water partition coefficient (Wildman–Crippen LogP) is 4.02. The first-order valence-corrected chi connectivity index (χ1v) is 5.12. The maximum absolute atomic E-state index is 10.7. The lowest BCUT2D eigenvalue weighted by Gasteiger charge is -1.95. The maximum atomic E-state index is 10.7. The molecule has 0 aliphatic rings. The molecule has 0 spiro atoms. The molecule has 0 amide bonds. The Morgan fingerprint density at radius 2 is 2.08 bits per heavy atom. The highest BCUT2D eigenvalue weighted by Crippen LogP contribution is 2.35. The van der Waals surface area contributed by atoms with E-state index in [2.05, 4.69) is 0 Å². The van der Waals surface area contributed by atoms with Crippen LogP contribution >= 0.6 is 34.5 Å². The van der Waals surface area contributed by atoms with Gasteiger partial charge in [0.2, 0.25) is 0 Å². The van der Waals surface area contributed by atoms with Crippen LogP contribution in [0.15, 0.2) is 18.2 Å². The van der Waals surface area contributed by atoms with Gasteiger partial charge in [-0.2, -0.15) is 0 Å². The minimum atomic E-state index is 0.628. The fourth-order valence-corrected chi connectivity index (χ4v) is 2.67. The third kappa shape index (κ3) is 1.46. The summed E-state index contributed by atoms with van der Waals surface area (Å²) in [4.78, 5) is 10.7. The van der Waals surface area contributed by atoms with Crippen LogP contribution in [0, 0.1) is 0 Å². The Morgan fingerprint density at radius 3 is 2.77 bits per heavy atom. The molecule has 0 saturated carbocycles. The summed E-state index contributed by atoms with van der Waals surface area (Å²) in [6.45, 7) is 0. The number of benzene rings is 1. The Balaban J connectivity index is 2.91. The molecule has 0 N–H and O–H groups in total. The van der Waals surface area contributed by atoms with Crippen molar-refractivity contribution < 1.29 is 4.79 Å². The summed E-state index contributed by atoms with van der Waals surface area (Å²) in [5.74, 6) is 0. The molecular formula is C9H4Cl2OS. The van der Waals surface area contributed by atoms with Crippen LogP contribution < -0.4 is 0 Å². The van der Waals surface area contributed by atoms with E-state index in [1.165, 1.54) is 11.3 Å². The second-order valence-corrected chi connectivity index (χ2v) is 4.64. The van der Waals surface area contributed by atoms with Gasteiger partial charge in [0.1, 0.15) is 0 Å². The number of aldehydes is 1. The Labute approximate surface area is 88.9 Å². The van der Waals surface area contributed by atoms with Crippen molar-refractivity contribution in [2.24, 2.45) is 0 Å². The average Bonchev–Trinajstić information content (AvgIpc) is 2.48. The Kier molecular flexibility index (Phi) is 2.28. The van der Waals surface area contributed by atoms with E-state index in [9.17, 15) is 4.79 Å². The zero-order chi connectivity index (χ0) is 9.42. The summed E-state index contributed by atoms with van der Waals surface area (Å²) in [6.07, 6.45) is 0.811. The van der Waals surface area contributed by atoms with Gasteiger partial charge < -0.3 is 0 Å². The first-order valence-electron chi connectivity index (χ1n) is 3.55. The normalized spacial score (nSPS) is 10.6. The van der Waals surface area contributed by atoms with Crippen LogP contribution in [0.3, 0.4) is 0 Å². The van der Waals surface area contributed by atoms with Crippen LogP contribution in [0.1, 0.15) is 10.4 Å². The second-order valence-electron chi connectivity index (χ2n) is 2.55. The molecule has 13 heavy (non-hydrogen) atoms. The molecule has 2 rings (SSSR count). The highest BCUT2D eigenvalue weighted by molar-refractivity contribution is 7.23. The molecule has 66 valence electrons. The summed E-state index contributed by atoms with van der Waals surface area (Å²) < 4.78 is 1.50. The highest BCUT2D eigenvalue weighted by Gasteiger charge is 2.07. The summed E-state index contributed by atoms with van der Waals surface area (Å²) >= 11 is 13.1. The van der Waals surface area contributed by atoms with Crippen molar-refractivity contribution in [3.63, 3.8) is 0 Å². The molecule has 0 bridgehead atoms. The number of fused-ring (bicyclic) bond motifs is 1. The van der Waals surface area contributed by atoms with Crippen LogP contribution in [0.5, 0.6) is 0 Å². The first kappa shape index (κ1) is 9.00. The van der Waals surface area contributed by atoms with Gasteiger partial charge >= 0.3 is 0 Å². The zero-order valence-electron chi connectivity index (χ0n) is 6.38. The predicted molar refractivity (Wildman–Crippen MR) is 57.2 cm³/mol. The van der Waals surface area contributed by atoms with Gasteiger partial charge in [-0.1, -0.05) is 23.2 Å². The van der Waals surface area contributed by atoms with E-state index in [4.69, 9.17) is 23.2 Å². The molecule has 2 aromatic rings. The van der Waals surface area contributed by atoms with Crippen molar-refractivity contribution in [2.75, 3.05) is 0 Å². The molecule has 0 fully saturated rings. The number of thiophene rings is 1. The van der Waals surface area contributed by atoms with Gasteiger partial charge in [-0.15, -0.1) is 11.3 Å². The number of hydrogen-bond acceptors (Lipinski definition) is 2. The standard InChI is InChI=1S/C9H4Cl2OS/c10-7-2-1-5(4-12)9-6(7)3-8(11)13-9/h1-4H. The van der Waals surface area contributed by atoms with Gasteiger partial charge in [0, 0.05) is 20.7 Å². The fraction of sp³-hybridized carbons (Fsp3) is 0. The number of halogens is 2. The fourth-order valence-electron chi connectivity index (χ4n) is 1.17. The first-order chi connectivity index (χ1) is 6.22. The van der Waals surface area contributed by atoms with Crippen LogP contribution in [-0.2, 0) is 0 Å². The monoisotopic (exact) mass is 230 g/mol. The van der Waals surface area contributed by atoms with E-state index in [1.807, 2.05) is 0 Å². The maximum Gasteiger partial charge on any atom is 0.151 e. The van der Waals surface area contributed by atoms with Crippen molar-refractivity contribution in [2.45, 2.75) is 0 Å². The third-order valence-corrected chi connectivity index (χ3v) is 3.40. The molecule has 1 nitrogen and oxygen atoms in total. The van der Waals surface area contributed by atoms with E-state index in [0.29, 0.717) is 14.9 Å². The zero-order valence-corrected chi connectivity index (χ0v) is 8.71. The largest absolute Gasteiger partial charge is 0.298 e. The van der Waals surface area contributed by atoms with Crippen molar-refractivity contribution in [1.82, 2.24) is 0 Å². The van der Waals surface area contributed by atoms with Crippen LogP contribution in [0.2, 0.25) is 9.36 Å². The van der Waals surface area contributed by atoms with Gasteiger partial charge in [-0.3, -0.25) is 4.79 Å². The molecule has 1 aromatic heterocycles. The quantitative estimate of drug-likeness (QED) is 0.677. The Morgan fingerprint density at radius 1 is 1.31 bits per heavy atom. The van der Waals surface area contributed by atoms with Gasteiger partial charge in [-0.25, -0.2) is 0 Å². The van der Waals surface area contributed by atoms with E-state index < -0.39 is 0 Å². The van der Waals surface area contributed by atoms with E-state index in [-0.39, 0.29) is 0 Å². The second kappa shape index (κ2) is 3.29.